The number of esters is 1. The fourth-order valence-electron chi connectivity index (χ4n) is 7.80. The lowest BCUT2D eigenvalue weighted by atomic mass is 9.80. The molecule has 5 aromatic rings. The first kappa shape index (κ1) is 35.3. The van der Waals surface area contributed by atoms with Gasteiger partial charge in [0.05, 0.1) is 18.7 Å². The molecule has 2 amide bonds. The Labute approximate surface area is 309 Å². The van der Waals surface area contributed by atoms with Gasteiger partial charge in [-0.1, -0.05) is 121 Å². The molecule has 9 heteroatoms. The topological polar surface area (TPSA) is 106 Å². The van der Waals surface area contributed by atoms with Gasteiger partial charge in [0.15, 0.2) is 5.60 Å². The van der Waals surface area contributed by atoms with Gasteiger partial charge >= 0.3 is 18.2 Å². The largest absolute Gasteiger partial charge is 0.465 e. The number of nitrogens with one attached hydrogen (secondary N) is 2. The summed E-state index contributed by atoms with van der Waals surface area (Å²) in [7, 11) is 1.36. The number of nitrogens with zero attached hydrogens (tertiary/aromatic N) is 1. The number of anilines is 1. The summed E-state index contributed by atoms with van der Waals surface area (Å²) in [6.45, 7) is 1.08. The van der Waals surface area contributed by atoms with Crippen molar-refractivity contribution in [1.29, 1.82) is 0 Å². The Bertz CT molecular complexity index is 1910. The molecular formula is C44H43N3O6. The third kappa shape index (κ3) is 7.46. The van der Waals surface area contributed by atoms with Crippen LogP contribution in [0.4, 0.5) is 15.3 Å². The average Bonchev–Trinajstić information content (AvgIpc) is 3.68. The van der Waals surface area contributed by atoms with E-state index in [2.05, 4.69) is 10.6 Å². The van der Waals surface area contributed by atoms with Crippen LogP contribution < -0.4 is 10.6 Å². The molecule has 0 aromatic heterocycles. The first-order chi connectivity index (χ1) is 26.0. The summed E-state index contributed by atoms with van der Waals surface area (Å²) >= 11 is 0. The number of carbonyl (C=O) groups excluding carboxylic acids is 3. The molecule has 0 radical (unpaired) electrons. The fraction of sp³-hybridized carbons (Fsp3) is 0.250. The second-order valence-electron chi connectivity index (χ2n) is 13.4. The van der Waals surface area contributed by atoms with Crippen molar-refractivity contribution in [3.63, 3.8) is 0 Å². The van der Waals surface area contributed by atoms with Crippen LogP contribution in [0.5, 0.6) is 0 Å². The van der Waals surface area contributed by atoms with Crippen LogP contribution in [0.25, 0.3) is 0 Å². The van der Waals surface area contributed by atoms with Crippen molar-refractivity contribution < 1.29 is 28.6 Å². The molecule has 5 aromatic carbocycles. The molecule has 3 atom stereocenters. The second kappa shape index (κ2) is 16.1. The first-order valence-corrected chi connectivity index (χ1v) is 18.1. The monoisotopic (exact) mass is 709 g/mol. The molecule has 2 heterocycles. The number of benzene rings is 5. The minimum atomic E-state index is -1.17. The zero-order valence-corrected chi connectivity index (χ0v) is 29.7. The third-order valence-electron chi connectivity index (χ3n) is 10.3. The molecule has 1 fully saturated rings. The van der Waals surface area contributed by atoms with Gasteiger partial charge in [-0.25, -0.2) is 14.4 Å². The van der Waals surface area contributed by atoms with E-state index in [4.69, 9.17) is 14.2 Å². The predicted octanol–water partition coefficient (Wildman–Crippen LogP) is 8.47. The van der Waals surface area contributed by atoms with Gasteiger partial charge in [0.1, 0.15) is 6.61 Å². The molecule has 0 bridgehead atoms. The van der Waals surface area contributed by atoms with E-state index < -0.39 is 17.7 Å². The zero-order valence-electron chi connectivity index (χ0n) is 29.7. The molecule has 2 N–H and O–H groups in total. The molecule has 1 saturated heterocycles. The molecule has 270 valence electrons. The van der Waals surface area contributed by atoms with E-state index in [-0.39, 0.29) is 30.7 Å². The van der Waals surface area contributed by atoms with Crippen LogP contribution in [-0.4, -0.2) is 49.3 Å². The fourth-order valence-corrected chi connectivity index (χ4v) is 7.80. The van der Waals surface area contributed by atoms with Gasteiger partial charge in [-0.3, -0.25) is 0 Å². The maximum Gasteiger partial charge on any atom is 0.410 e. The summed E-state index contributed by atoms with van der Waals surface area (Å²) in [5.41, 5.74) is 4.41. The van der Waals surface area contributed by atoms with Gasteiger partial charge in [-0.2, -0.15) is 0 Å². The van der Waals surface area contributed by atoms with E-state index >= 15 is 0 Å². The minimum Gasteiger partial charge on any atom is -0.465 e. The van der Waals surface area contributed by atoms with E-state index in [0.29, 0.717) is 25.1 Å². The maximum absolute atomic E-state index is 13.7. The van der Waals surface area contributed by atoms with Crippen LogP contribution in [0.1, 0.15) is 63.5 Å². The molecule has 0 aliphatic carbocycles. The molecule has 7 rings (SSSR count). The van der Waals surface area contributed by atoms with Crippen molar-refractivity contribution in [3.05, 3.63) is 173 Å². The number of ether oxygens (including phenoxy) is 3. The Morgan fingerprint density at radius 2 is 1.38 bits per heavy atom. The van der Waals surface area contributed by atoms with Crippen LogP contribution in [-0.2, 0) is 26.4 Å². The number of fused-ring (bicyclic) bond motifs is 3. The van der Waals surface area contributed by atoms with Gasteiger partial charge in [-0.05, 0) is 48.6 Å². The summed E-state index contributed by atoms with van der Waals surface area (Å²) in [6.07, 6.45) is 1.24. The van der Waals surface area contributed by atoms with Crippen molar-refractivity contribution in [1.82, 2.24) is 10.2 Å². The highest BCUT2D eigenvalue weighted by molar-refractivity contribution is 5.90. The van der Waals surface area contributed by atoms with Crippen molar-refractivity contribution in [2.45, 2.75) is 43.6 Å². The van der Waals surface area contributed by atoms with Crippen LogP contribution in [0.2, 0.25) is 0 Å². The summed E-state index contributed by atoms with van der Waals surface area (Å²) < 4.78 is 17.3. The third-order valence-corrected chi connectivity index (χ3v) is 10.3. The average molecular weight is 710 g/mol. The highest BCUT2D eigenvalue weighted by atomic mass is 16.6. The number of methoxy groups -OCH3 is 1. The SMILES string of the molecule is COC(=O)c1ccc2c(c1)[C@@H]1[C@@H](CCN1C(=O)OCc1ccccc1)[C@H](CCCNC(=O)OC(c1ccccc1)(c1ccccc1)c1ccccc1)N2. The van der Waals surface area contributed by atoms with E-state index in [9.17, 15) is 14.4 Å². The van der Waals surface area contributed by atoms with Crippen LogP contribution >= 0.6 is 0 Å². The molecule has 2 aliphatic heterocycles. The highest BCUT2D eigenvalue weighted by Crippen LogP contribution is 2.48. The van der Waals surface area contributed by atoms with Crippen LogP contribution in [0, 0.1) is 5.92 Å². The molecule has 0 unspecified atom stereocenters. The number of amides is 2. The smallest absolute Gasteiger partial charge is 0.410 e. The van der Waals surface area contributed by atoms with Gasteiger partial charge in [0, 0.05) is 47.4 Å². The van der Waals surface area contributed by atoms with Crippen LogP contribution in [0.3, 0.4) is 0 Å². The molecule has 53 heavy (non-hydrogen) atoms. The minimum absolute atomic E-state index is 0.0123. The molecule has 9 nitrogen and oxygen atoms in total. The van der Waals surface area contributed by atoms with Crippen molar-refractivity contribution in [2.75, 3.05) is 25.5 Å². The maximum atomic E-state index is 13.7. The normalized spacial score (nSPS) is 17.5. The number of rotatable bonds is 11. The van der Waals surface area contributed by atoms with Crippen molar-refractivity contribution in [2.24, 2.45) is 5.92 Å². The number of hydrogen-bond donors (Lipinski definition) is 2. The van der Waals surface area contributed by atoms with Gasteiger partial charge in [0.25, 0.3) is 0 Å². The summed E-state index contributed by atoms with van der Waals surface area (Å²) in [6, 6.07) is 44.2. The Balaban J connectivity index is 1.06. The molecular weight excluding hydrogens is 666 g/mol. The first-order valence-electron chi connectivity index (χ1n) is 18.1. The quantitative estimate of drug-likeness (QED) is 0.0614. The van der Waals surface area contributed by atoms with Crippen molar-refractivity contribution in [3.8, 4) is 0 Å². The lowest BCUT2D eigenvalue weighted by Crippen LogP contribution is -2.42. The van der Waals surface area contributed by atoms with E-state index in [0.717, 1.165) is 46.3 Å². The Morgan fingerprint density at radius 1 is 0.792 bits per heavy atom. The lowest BCUT2D eigenvalue weighted by Gasteiger charge is -2.39. The molecule has 0 spiro atoms. The molecule has 2 aliphatic rings. The van der Waals surface area contributed by atoms with Gasteiger partial charge < -0.3 is 29.7 Å². The predicted molar refractivity (Wildman–Crippen MR) is 202 cm³/mol. The Morgan fingerprint density at radius 3 is 1.96 bits per heavy atom. The van der Waals surface area contributed by atoms with E-state index in [1.54, 1.807) is 11.0 Å². The van der Waals surface area contributed by atoms with Crippen molar-refractivity contribution >= 4 is 23.8 Å². The zero-order chi connectivity index (χ0) is 36.6. The Kier molecular flexibility index (Phi) is 10.7. The van der Waals surface area contributed by atoms with Gasteiger partial charge in [0.2, 0.25) is 0 Å². The van der Waals surface area contributed by atoms with Gasteiger partial charge in [-0.15, -0.1) is 0 Å². The lowest BCUT2D eigenvalue weighted by molar-refractivity contribution is 0.0599. The second-order valence-corrected chi connectivity index (χ2v) is 13.4. The number of alkyl carbamates (subject to hydrolysis) is 1. The summed E-state index contributed by atoms with van der Waals surface area (Å²) in [4.78, 5) is 41.6. The summed E-state index contributed by atoms with van der Waals surface area (Å²) in [5.74, 6) is -0.370. The van der Waals surface area contributed by atoms with E-state index in [1.807, 2.05) is 133 Å². The van der Waals surface area contributed by atoms with E-state index in [1.165, 1.54) is 7.11 Å². The van der Waals surface area contributed by atoms with Crippen LogP contribution in [0.15, 0.2) is 140 Å². The Hall–Kier alpha value is -6.09. The number of hydrogen-bond acceptors (Lipinski definition) is 7. The number of carbonyl (C=O) groups is 3. The molecule has 0 saturated carbocycles. The summed E-state index contributed by atoms with van der Waals surface area (Å²) in [5, 5.41) is 6.71. The standard InChI is InChI=1S/C44H43N3O6/c1-51-41(48)32-24-25-39-37(29-32)40-36(26-28-47(40)43(50)52-30-31-15-6-2-7-16-31)38(46-39)23-14-27-45-42(49)53-44(33-17-8-3-9-18-33,34-19-10-4-11-20-34)35-21-12-5-13-22-35/h2-13,15-22,24-25,29,36,38,40,46H,14,23,26-28,30H2,1H3,(H,45,49)/t36-,38-,40-/m0/s1. The highest BCUT2D eigenvalue weighted by Gasteiger charge is 2.46. The number of likely N-dealkylation sites (tertiary alicyclic amines) is 1.